The van der Waals surface area contributed by atoms with Crippen LogP contribution in [0.4, 0.5) is 5.69 Å². The molecular weight excluding hydrogens is 1610 g/mol. The number of benzene rings is 12. The van der Waals surface area contributed by atoms with Crippen molar-refractivity contribution in [2.24, 2.45) is 29.6 Å². The standard InChI is InChI=1S/C16H18.C15H17NO.C15H22.C13H15NS.C13H20.3C11H16.C10H13Cl.C10H14/c1-12(2)14-7-9-15(10-8-14)16-6-4-5-13(3)11-16;1-11(2)12-7-9-13(10-8-12)17-15-6-4-3-5-14(15)16;1-12(2)13-8-10-15(11-9-13)14-6-4-3-5-7-14;1-10(2)7-11-3-5-12(6-4-11)13-8-15-9-14-13;1-10(2)11-6-8-12(9-7-11)13(3,4)5;2*1-9(2)8-11-6-4-10(3)5-7-11;1-9(2)7-11-6-4-5-10(3)8-11;1-8(2)7-9-3-5-10(11)6-4-9;1-8(2)10-6-4-9(3)5-7-10/h4-12H,1-3H3;3-11H,16H2,1-2H3;8-12,14H,3-7H2,1-2H3;3-6,8-10H,7H2,1-2H3;6-10H,1-5H3;2*4-7,9H,8H2,1-3H3;4-6,8-9H,7H2,1-3H3;3-6,8H,7H2,1-2H3;4-8H,1-3H3. The van der Waals surface area contributed by atoms with Crippen molar-refractivity contribution in [3.05, 3.63) is 402 Å². The zero-order chi connectivity index (χ0) is 95.8. The van der Waals surface area contributed by atoms with Gasteiger partial charge >= 0.3 is 0 Å². The van der Waals surface area contributed by atoms with Gasteiger partial charge in [-0.25, -0.2) is 4.98 Å². The molecule has 13 aromatic rings. The summed E-state index contributed by atoms with van der Waals surface area (Å²) in [5.41, 5.74) is 37.3. The average molecular weight is 1780 g/mol. The number of aromatic nitrogens is 1. The van der Waals surface area contributed by atoms with E-state index in [1.54, 1.807) is 16.9 Å². The lowest BCUT2D eigenvalue weighted by Crippen LogP contribution is -2.10. The minimum atomic E-state index is 0.273. The predicted octanol–water partition coefficient (Wildman–Crippen LogP) is 38.2. The highest BCUT2D eigenvalue weighted by atomic mass is 35.5. The fourth-order valence-electron chi connectivity index (χ4n) is 14.8. The quantitative estimate of drug-likeness (QED) is 0.0774. The molecule has 0 spiro atoms. The van der Waals surface area contributed by atoms with E-state index < -0.39 is 0 Å². The van der Waals surface area contributed by atoms with Gasteiger partial charge in [-0.2, -0.15) is 0 Å². The predicted molar refractivity (Wildman–Crippen MR) is 578 cm³/mol. The van der Waals surface area contributed by atoms with Crippen LogP contribution in [-0.4, -0.2) is 4.98 Å². The fraction of sp³-hybridized carbons (Fsp3) is 0.400. The molecule has 12 aromatic carbocycles. The van der Waals surface area contributed by atoms with Crippen LogP contribution in [0.5, 0.6) is 11.5 Å². The van der Waals surface area contributed by atoms with Gasteiger partial charge in [-0.05, 0) is 264 Å². The van der Waals surface area contributed by atoms with Gasteiger partial charge in [0.2, 0.25) is 0 Å². The molecule has 1 aliphatic rings. The molecule has 3 nitrogen and oxygen atoms in total. The molecule has 1 fully saturated rings. The van der Waals surface area contributed by atoms with E-state index in [1.807, 2.05) is 54.0 Å². The average Bonchev–Trinajstić information content (AvgIpc) is 1.49. The molecule has 0 atom stereocenters. The van der Waals surface area contributed by atoms with E-state index in [1.165, 1.54) is 157 Å². The van der Waals surface area contributed by atoms with Crippen LogP contribution in [0, 0.1) is 64.2 Å². The molecule has 0 radical (unpaired) electrons. The second-order valence-electron chi connectivity index (χ2n) is 40.4. The second kappa shape index (κ2) is 59.5. The minimum Gasteiger partial charge on any atom is -0.455 e. The van der Waals surface area contributed by atoms with Crippen LogP contribution in [0.2, 0.25) is 5.02 Å². The molecule has 696 valence electrons. The lowest BCUT2D eigenvalue weighted by atomic mass is 9.83. The van der Waals surface area contributed by atoms with Gasteiger partial charge in [0.1, 0.15) is 11.5 Å². The van der Waals surface area contributed by atoms with Gasteiger partial charge in [0.25, 0.3) is 0 Å². The first-order valence-electron chi connectivity index (χ1n) is 48.6. The van der Waals surface area contributed by atoms with Crippen molar-refractivity contribution < 1.29 is 4.74 Å². The van der Waals surface area contributed by atoms with Crippen molar-refractivity contribution in [2.45, 2.75) is 299 Å². The Morgan fingerprint density at radius 3 is 1.06 bits per heavy atom. The summed E-state index contributed by atoms with van der Waals surface area (Å²) in [7, 11) is 0. The Hall–Kier alpha value is -9.84. The summed E-state index contributed by atoms with van der Waals surface area (Å²) in [6.07, 6.45) is 13.0. The molecule has 0 saturated heterocycles. The number of hydrogen-bond donors (Lipinski definition) is 1. The van der Waals surface area contributed by atoms with Crippen molar-refractivity contribution in [3.8, 4) is 33.9 Å². The maximum atomic E-state index is 5.82. The van der Waals surface area contributed by atoms with E-state index in [-0.39, 0.29) is 5.41 Å². The van der Waals surface area contributed by atoms with Gasteiger partial charge in [0.05, 0.1) is 16.9 Å². The molecule has 1 heterocycles. The third kappa shape index (κ3) is 45.8. The Labute approximate surface area is 802 Å². The summed E-state index contributed by atoms with van der Waals surface area (Å²) in [4.78, 5) is 4.30. The van der Waals surface area contributed by atoms with Crippen LogP contribution in [0.1, 0.15) is 321 Å². The Balaban J connectivity index is 0.000000257. The van der Waals surface area contributed by atoms with E-state index >= 15 is 0 Å². The summed E-state index contributed by atoms with van der Waals surface area (Å²) in [5.74, 6) is 9.16. The monoisotopic (exact) mass is 1780 g/mol. The number of aryl methyl sites for hydroxylation is 5. The number of nitrogens with two attached hydrogens (primary N) is 1. The van der Waals surface area contributed by atoms with Gasteiger partial charge in [-0.15, -0.1) is 11.3 Å². The maximum Gasteiger partial charge on any atom is 0.150 e. The highest BCUT2D eigenvalue weighted by Crippen LogP contribution is 2.35. The highest BCUT2D eigenvalue weighted by Gasteiger charge is 2.17. The van der Waals surface area contributed by atoms with Crippen molar-refractivity contribution in [1.82, 2.24) is 4.98 Å². The zero-order valence-corrected chi connectivity index (χ0v) is 87.1. The number of ether oxygens (including phenoxy) is 1. The zero-order valence-electron chi connectivity index (χ0n) is 85.5. The van der Waals surface area contributed by atoms with Gasteiger partial charge in [-0.3, -0.25) is 0 Å². The fourth-order valence-corrected chi connectivity index (χ4v) is 15.5. The molecule has 1 aromatic heterocycles. The van der Waals surface area contributed by atoms with Crippen LogP contribution in [0.15, 0.2) is 302 Å². The van der Waals surface area contributed by atoms with Crippen molar-refractivity contribution in [1.29, 1.82) is 0 Å². The lowest BCUT2D eigenvalue weighted by molar-refractivity contribution is 0.443. The summed E-state index contributed by atoms with van der Waals surface area (Å²) in [6.45, 7) is 62.0. The molecule has 0 amide bonds. The van der Waals surface area contributed by atoms with E-state index in [0.29, 0.717) is 41.0 Å². The third-order valence-electron chi connectivity index (χ3n) is 22.6. The number of rotatable bonds is 20. The first-order valence-corrected chi connectivity index (χ1v) is 50.0. The summed E-state index contributed by atoms with van der Waals surface area (Å²) < 4.78 is 5.72. The van der Waals surface area contributed by atoms with Crippen molar-refractivity contribution >= 4 is 28.6 Å². The molecule has 2 N–H and O–H groups in total. The molecule has 0 aliphatic heterocycles. The van der Waals surface area contributed by atoms with E-state index in [4.69, 9.17) is 22.1 Å². The largest absolute Gasteiger partial charge is 0.455 e. The van der Waals surface area contributed by atoms with Gasteiger partial charge < -0.3 is 10.5 Å². The first-order chi connectivity index (χ1) is 61.7. The maximum absolute atomic E-state index is 5.82. The Kier molecular flexibility index (Phi) is 50.7. The summed E-state index contributed by atoms with van der Waals surface area (Å²) in [6, 6.07) is 103. The normalized spacial score (nSPS) is 11.7. The molecule has 1 aliphatic carbocycles. The molecule has 1 saturated carbocycles. The Morgan fingerprint density at radius 2 is 0.685 bits per heavy atom. The van der Waals surface area contributed by atoms with Crippen molar-refractivity contribution in [3.63, 3.8) is 0 Å². The summed E-state index contributed by atoms with van der Waals surface area (Å²) in [5, 5.41) is 2.90. The number of para-hydroxylation sites is 2. The molecule has 14 rings (SSSR count). The van der Waals surface area contributed by atoms with Crippen LogP contribution in [0.3, 0.4) is 0 Å². The smallest absolute Gasteiger partial charge is 0.150 e. The van der Waals surface area contributed by atoms with Crippen LogP contribution >= 0.6 is 22.9 Å². The van der Waals surface area contributed by atoms with Crippen molar-refractivity contribution in [2.75, 3.05) is 5.73 Å². The molecule has 0 bridgehead atoms. The number of halogens is 1. The van der Waals surface area contributed by atoms with E-state index in [9.17, 15) is 0 Å². The van der Waals surface area contributed by atoms with Crippen LogP contribution < -0.4 is 10.5 Å². The number of hydrogen-bond acceptors (Lipinski definition) is 4. The summed E-state index contributed by atoms with van der Waals surface area (Å²) >= 11 is 7.39. The van der Waals surface area contributed by atoms with Crippen LogP contribution in [-0.2, 0) is 37.5 Å². The topological polar surface area (TPSA) is 48.1 Å². The first kappa shape index (κ1) is 111. The molecular formula is C125H167ClN2OS. The van der Waals surface area contributed by atoms with Gasteiger partial charge in [0.15, 0.2) is 0 Å². The van der Waals surface area contributed by atoms with Crippen LogP contribution in [0.25, 0.3) is 22.4 Å². The number of nitrogen functional groups attached to an aromatic ring is 1. The number of anilines is 1. The Morgan fingerprint density at radius 1 is 0.338 bits per heavy atom. The lowest BCUT2D eigenvalue weighted by Gasteiger charge is -2.22. The Bertz CT molecular complexity index is 4970. The second-order valence-corrected chi connectivity index (χ2v) is 41.6. The van der Waals surface area contributed by atoms with E-state index in [0.717, 1.165) is 64.8 Å². The molecule has 0 unspecified atom stereocenters. The van der Waals surface area contributed by atoms with Gasteiger partial charge in [-0.1, -0.05) is 473 Å². The highest BCUT2D eigenvalue weighted by molar-refractivity contribution is 7.07. The number of thiazole rings is 1. The molecule has 5 heteroatoms. The third-order valence-corrected chi connectivity index (χ3v) is 23.5. The number of nitrogens with zero attached hydrogens (tertiary/aromatic N) is 1. The SMILES string of the molecule is CC(C)Cc1ccc(-c2cscn2)cc1.CC(C)Cc1ccc(Cl)cc1.CC(C)c1ccc(C(C)(C)C)cc1.CC(C)c1ccc(C2CCCCC2)cc1.CC(C)c1ccc(Oc2ccccc2N)cc1.Cc1ccc(C(C)C)cc1.Cc1ccc(CC(C)C)cc1.Cc1ccc(CC(C)C)cc1.Cc1cccc(-c2ccc(C(C)C)cc2)c1.Cc1cccc(CC(C)C)c1. The molecule has 130 heavy (non-hydrogen) atoms. The minimum absolute atomic E-state index is 0.273. The van der Waals surface area contributed by atoms with E-state index in [2.05, 4.69) is 447 Å². The van der Waals surface area contributed by atoms with Gasteiger partial charge in [0, 0.05) is 16.0 Å².